The van der Waals surface area contributed by atoms with Crippen LogP contribution in [-0.2, 0) is 19.7 Å². The van der Waals surface area contributed by atoms with Crippen molar-refractivity contribution < 1.29 is 45.4 Å². The number of likely N-dealkylation sites (N-methyl/N-ethyl adjacent to an activating group) is 1. The van der Waals surface area contributed by atoms with Crippen molar-refractivity contribution in [1.82, 2.24) is 0 Å². The minimum Gasteiger partial charge on any atom is -0.466 e. The standard InChI is InChI=1S/C16H13F6NO4/c1-3-26-12(24)10-11(15(17,18)19)14(10)8-6-7(27-16(20,21)22)4-5-9(8)23(2)13(14)25/h4-6,10-11H,3H2,1-2H3/t10-,11+,14-/m1/s1. The maximum absolute atomic E-state index is 13.6. The van der Waals surface area contributed by atoms with E-state index in [4.69, 9.17) is 0 Å². The number of carbonyl (C=O) groups excluding carboxylic acids is 2. The lowest BCUT2D eigenvalue weighted by Gasteiger charge is -2.13. The van der Waals surface area contributed by atoms with E-state index >= 15 is 0 Å². The lowest BCUT2D eigenvalue weighted by molar-refractivity contribution is -0.274. The Morgan fingerprint density at radius 1 is 1.22 bits per heavy atom. The highest BCUT2D eigenvalue weighted by atomic mass is 19.4. The van der Waals surface area contributed by atoms with Gasteiger partial charge in [0.1, 0.15) is 11.2 Å². The van der Waals surface area contributed by atoms with Gasteiger partial charge in [0, 0.05) is 12.7 Å². The van der Waals surface area contributed by atoms with Crippen LogP contribution in [0, 0.1) is 11.8 Å². The quantitative estimate of drug-likeness (QED) is 0.581. The number of fused-ring (bicyclic) bond motifs is 2. The van der Waals surface area contributed by atoms with Crippen molar-refractivity contribution in [3.05, 3.63) is 23.8 Å². The molecule has 0 saturated heterocycles. The van der Waals surface area contributed by atoms with Gasteiger partial charge in [-0.25, -0.2) is 0 Å². The molecule has 2 aliphatic rings. The van der Waals surface area contributed by atoms with E-state index in [1.807, 2.05) is 0 Å². The molecular formula is C16H13F6NO4. The molecule has 27 heavy (non-hydrogen) atoms. The second kappa shape index (κ2) is 5.77. The SMILES string of the molecule is CCOC(=O)[C@H]1[C@H](C(F)(F)F)[C@]12C(=O)N(C)c1ccc(OC(F)(F)F)cc12. The molecule has 1 heterocycles. The zero-order valence-electron chi connectivity index (χ0n) is 13.9. The fraction of sp³-hybridized carbons (Fsp3) is 0.500. The molecule has 1 amide bonds. The van der Waals surface area contributed by atoms with Crippen LogP contribution in [0.5, 0.6) is 5.75 Å². The number of halogens is 6. The minimum atomic E-state index is -5.07. The predicted octanol–water partition coefficient (Wildman–Crippen LogP) is 3.17. The van der Waals surface area contributed by atoms with Gasteiger partial charge in [-0.15, -0.1) is 13.2 Å². The van der Waals surface area contributed by atoms with Crippen LogP contribution < -0.4 is 9.64 Å². The molecule has 1 fully saturated rings. The molecule has 1 spiro atoms. The molecule has 1 aliphatic carbocycles. The Morgan fingerprint density at radius 3 is 2.37 bits per heavy atom. The molecule has 3 atom stereocenters. The molecule has 1 aromatic carbocycles. The second-order valence-electron chi connectivity index (χ2n) is 6.21. The van der Waals surface area contributed by atoms with E-state index in [2.05, 4.69) is 9.47 Å². The summed E-state index contributed by atoms with van der Waals surface area (Å²) >= 11 is 0. The molecule has 0 aromatic heterocycles. The van der Waals surface area contributed by atoms with Crippen molar-refractivity contribution in [3.63, 3.8) is 0 Å². The number of hydrogen-bond acceptors (Lipinski definition) is 4. The zero-order chi connectivity index (χ0) is 20.4. The Bertz CT molecular complexity index is 805. The van der Waals surface area contributed by atoms with Crippen LogP contribution in [0.1, 0.15) is 12.5 Å². The molecular weight excluding hydrogens is 384 g/mol. The maximum atomic E-state index is 13.6. The van der Waals surface area contributed by atoms with Crippen LogP contribution in [0.2, 0.25) is 0 Å². The summed E-state index contributed by atoms with van der Waals surface area (Å²) in [7, 11) is 1.19. The molecule has 148 valence electrons. The first-order valence-electron chi connectivity index (χ1n) is 7.77. The van der Waals surface area contributed by atoms with Gasteiger partial charge in [-0.05, 0) is 30.7 Å². The fourth-order valence-electron chi connectivity index (χ4n) is 3.83. The molecule has 0 radical (unpaired) electrons. The Morgan fingerprint density at radius 2 is 1.85 bits per heavy atom. The van der Waals surface area contributed by atoms with E-state index in [1.165, 1.54) is 14.0 Å². The summed E-state index contributed by atoms with van der Waals surface area (Å²) < 4.78 is 86.5. The molecule has 5 nitrogen and oxygen atoms in total. The number of hydrogen-bond donors (Lipinski definition) is 0. The Kier molecular flexibility index (Phi) is 4.12. The maximum Gasteiger partial charge on any atom is 0.573 e. The number of carbonyl (C=O) groups is 2. The Labute approximate surface area is 148 Å². The number of benzene rings is 1. The molecule has 11 heteroatoms. The normalized spacial score (nSPS) is 27.0. The van der Waals surface area contributed by atoms with Crippen molar-refractivity contribution >= 4 is 17.6 Å². The van der Waals surface area contributed by atoms with Gasteiger partial charge >= 0.3 is 18.5 Å². The van der Waals surface area contributed by atoms with E-state index in [9.17, 15) is 35.9 Å². The minimum absolute atomic E-state index is 0.0180. The average Bonchev–Trinajstić information content (AvgIpc) is 3.19. The lowest BCUT2D eigenvalue weighted by Crippen LogP contribution is -2.33. The van der Waals surface area contributed by atoms with Crippen molar-refractivity contribution in [2.75, 3.05) is 18.6 Å². The summed E-state index contributed by atoms with van der Waals surface area (Å²) in [5.41, 5.74) is -2.70. The van der Waals surface area contributed by atoms with Crippen molar-refractivity contribution in [3.8, 4) is 5.75 Å². The van der Waals surface area contributed by atoms with Gasteiger partial charge in [-0.2, -0.15) is 13.2 Å². The average molecular weight is 397 g/mol. The molecule has 1 aromatic rings. The van der Waals surface area contributed by atoms with Crippen LogP contribution in [-0.4, -0.2) is 38.1 Å². The Hall–Kier alpha value is -2.46. The first-order valence-corrected chi connectivity index (χ1v) is 7.77. The van der Waals surface area contributed by atoms with Crippen LogP contribution in [0.25, 0.3) is 0 Å². The monoisotopic (exact) mass is 397 g/mol. The highest BCUT2D eigenvalue weighted by Crippen LogP contribution is 2.71. The van der Waals surface area contributed by atoms with Gasteiger partial charge in [0.05, 0.1) is 18.4 Å². The third kappa shape index (κ3) is 2.79. The third-order valence-electron chi connectivity index (χ3n) is 4.77. The number of nitrogens with zero attached hydrogens (tertiary/aromatic N) is 1. The van der Waals surface area contributed by atoms with Crippen LogP contribution >= 0.6 is 0 Å². The number of anilines is 1. The first kappa shape index (κ1) is 19.3. The topological polar surface area (TPSA) is 55.8 Å². The summed E-state index contributed by atoms with van der Waals surface area (Å²) in [4.78, 5) is 25.7. The van der Waals surface area contributed by atoms with Crippen molar-refractivity contribution in [2.24, 2.45) is 11.8 Å². The van der Waals surface area contributed by atoms with Crippen LogP contribution in [0.4, 0.5) is 32.0 Å². The molecule has 1 saturated carbocycles. The number of rotatable bonds is 3. The highest BCUT2D eigenvalue weighted by molar-refractivity contribution is 6.14. The zero-order valence-corrected chi connectivity index (χ0v) is 13.9. The molecule has 3 rings (SSSR count). The highest BCUT2D eigenvalue weighted by Gasteiger charge is 2.85. The third-order valence-corrected chi connectivity index (χ3v) is 4.77. The largest absolute Gasteiger partial charge is 0.573 e. The summed E-state index contributed by atoms with van der Waals surface area (Å²) in [6.07, 6.45) is -10.0. The van der Waals surface area contributed by atoms with Crippen LogP contribution in [0.15, 0.2) is 18.2 Å². The van der Waals surface area contributed by atoms with E-state index in [0.717, 1.165) is 23.1 Å². The van der Waals surface area contributed by atoms with Crippen molar-refractivity contribution in [2.45, 2.75) is 24.9 Å². The summed E-state index contributed by atoms with van der Waals surface area (Å²) in [6, 6.07) is 2.67. The molecule has 0 N–H and O–H groups in total. The number of esters is 1. The van der Waals surface area contributed by atoms with Gasteiger partial charge < -0.3 is 14.4 Å². The van der Waals surface area contributed by atoms with E-state index in [1.54, 1.807) is 0 Å². The summed E-state index contributed by atoms with van der Waals surface area (Å²) in [6.45, 7) is 1.19. The lowest BCUT2D eigenvalue weighted by atomic mass is 9.92. The van der Waals surface area contributed by atoms with E-state index < -0.39 is 47.4 Å². The summed E-state index contributed by atoms with van der Waals surface area (Å²) in [5.74, 6) is -7.28. The first-order chi connectivity index (χ1) is 12.4. The summed E-state index contributed by atoms with van der Waals surface area (Å²) in [5, 5.41) is 0. The van der Waals surface area contributed by atoms with Gasteiger partial charge in [0.2, 0.25) is 5.91 Å². The van der Waals surface area contributed by atoms with Gasteiger partial charge in [-0.3, -0.25) is 9.59 Å². The second-order valence-corrected chi connectivity index (χ2v) is 6.21. The number of alkyl halides is 6. The Balaban J connectivity index is 2.14. The fourth-order valence-corrected chi connectivity index (χ4v) is 3.83. The van der Waals surface area contributed by atoms with E-state index in [0.29, 0.717) is 0 Å². The molecule has 0 bridgehead atoms. The molecule has 0 unspecified atom stereocenters. The number of ether oxygens (including phenoxy) is 2. The number of amides is 1. The van der Waals surface area contributed by atoms with Crippen LogP contribution in [0.3, 0.4) is 0 Å². The van der Waals surface area contributed by atoms with Gasteiger partial charge in [0.25, 0.3) is 0 Å². The molecule has 1 aliphatic heterocycles. The van der Waals surface area contributed by atoms with Gasteiger partial charge in [-0.1, -0.05) is 0 Å². The van der Waals surface area contributed by atoms with Crippen molar-refractivity contribution in [1.29, 1.82) is 0 Å². The van der Waals surface area contributed by atoms with E-state index in [-0.39, 0.29) is 17.9 Å². The smallest absolute Gasteiger partial charge is 0.466 e. The van der Waals surface area contributed by atoms with Gasteiger partial charge in [0.15, 0.2) is 0 Å². The predicted molar refractivity (Wildman–Crippen MR) is 77.9 cm³/mol.